The van der Waals surface area contributed by atoms with Gasteiger partial charge in [0.25, 0.3) is 0 Å². The molecule has 2 rings (SSSR count). The molecule has 7 heteroatoms. The monoisotopic (exact) mass is 385 g/mol. The Kier molecular flexibility index (Phi) is 5.09. The van der Waals surface area contributed by atoms with E-state index in [0.717, 1.165) is 10.0 Å². The molecule has 0 saturated carbocycles. The maximum absolute atomic E-state index is 12.6. The third-order valence-electron chi connectivity index (χ3n) is 3.65. The molecule has 0 saturated heterocycles. The largest absolute Gasteiger partial charge is 0.264 e. The van der Waals surface area contributed by atoms with E-state index in [1.807, 2.05) is 31.2 Å². The molecule has 0 fully saturated rings. The lowest BCUT2D eigenvalue weighted by molar-refractivity contribution is 0.485. The minimum Gasteiger partial charge on any atom is -0.264 e. The van der Waals surface area contributed by atoms with E-state index in [0.29, 0.717) is 29.4 Å². The SMILES string of the molecule is CCN(C)S(=O)(=O)c1c(C)nn(Cc2cccc(Br)c2)c1C. The molecule has 5 nitrogen and oxygen atoms in total. The molecule has 0 spiro atoms. The average molecular weight is 386 g/mol. The Morgan fingerprint density at radius 2 is 2.00 bits per heavy atom. The van der Waals surface area contributed by atoms with Crippen LogP contribution in [0.15, 0.2) is 33.6 Å². The fraction of sp³-hybridized carbons (Fsp3) is 0.400. The van der Waals surface area contributed by atoms with Gasteiger partial charge in [-0.25, -0.2) is 12.7 Å². The number of halogens is 1. The van der Waals surface area contributed by atoms with Crippen molar-refractivity contribution in [2.45, 2.75) is 32.2 Å². The minimum absolute atomic E-state index is 0.312. The van der Waals surface area contributed by atoms with Crippen molar-refractivity contribution >= 4 is 26.0 Å². The Morgan fingerprint density at radius 1 is 1.32 bits per heavy atom. The fourth-order valence-electron chi connectivity index (χ4n) is 2.34. The van der Waals surface area contributed by atoms with Gasteiger partial charge in [-0.3, -0.25) is 4.68 Å². The first kappa shape index (κ1) is 17.2. The van der Waals surface area contributed by atoms with Crippen LogP contribution >= 0.6 is 15.9 Å². The summed E-state index contributed by atoms with van der Waals surface area (Å²) >= 11 is 3.44. The van der Waals surface area contributed by atoms with Crippen LogP contribution in [0.5, 0.6) is 0 Å². The van der Waals surface area contributed by atoms with Gasteiger partial charge in [0.2, 0.25) is 10.0 Å². The molecule has 0 unspecified atom stereocenters. The van der Waals surface area contributed by atoms with Crippen LogP contribution in [0, 0.1) is 13.8 Å². The van der Waals surface area contributed by atoms with Gasteiger partial charge >= 0.3 is 0 Å². The van der Waals surface area contributed by atoms with Crippen LogP contribution in [-0.2, 0) is 16.6 Å². The van der Waals surface area contributed by atoms with Gasteiger partial charge in [-0.1, -0.05) is 35.0 Å². The van der Waals surface area contributed by atoms with Gasteiger partial charge in [-0.05, 0) is 31.5 Å². The second-order valence-corrected chi connectivity index (χ2v) is 8.10. The molecule has 1 aromatic carbocycles. The number of benzene rings is 1. The van der Waals surface area contributed by atoms with E-state index in [9.17, 15) is 8.42 Å². The first-order valence-corrected chi connectivity index (χ1v) is 9.25. The summed E-state index contributed by atoms with van der Waals surface area (Å²) < 4.78 is 29.3. The molecule has 1 aromatic heterocycles. The van der Waals surface area contributed by atoms with Gasteiger partial charge < -0.3 is 0 Å². The third-order valence-corrected chi connectivity index (χ3v) is 6.33. The van der Waals surface area contributed by atoms with Crippen molar-refractivity contribution in [2.24, 2.45) is 0 Å². The first-order valence-electron chi connectivity index (χ1n) is 7.02. The van der Waals surface area contributed by atoms with Gasteiger partial charge in [0.15, 0.2) is 0 Å². The Morgan fingerprint density at radius 3 is 2.59 bits per heavy atom. The fourth-order valence-corrected chi connectivity index (χ4v) is 4.33. The highest BCUT2D eigenvalue weighted by atomic mass is 79.9. The van der Waals surface area contributed by atoms with Crippen molar-refractivity contribution in [2.75, 3.05) is 13.6 Å². The van der Waals surface area contributed by atoms with Crippen molar-refractivity contribution in [3.05, 3.63) is 45.7 Å². The molecule has 0 aliphatic carbocycles. The smallest absolute Gasteiger partial charge is 0.246 e. The lowest BCUT2D eigenvalue weighted by atomic mass is 10.2. The van der Waals surface area contributed by atoms with Crippen LogP contribution in [0.1, 0.15) is 23.9 Å². The zero-order valence-corrected chi connectivity index (χ0v) is 15.6. The lowest BCUT2D eigenvalue weighted by Gasteiger charge is -2.15. The zero-order valence-electron chi connectivity index (χ0n) is 13.2. The van der Waals surface area contributed by atoms with E-state index in [1.54, 1.807) is 25.6 Å². The van der Waals surface area contributed by atoms with Crippen LogP contribution in [0.25, 0.3) is 0 Å². The van der Waals surface area contributed by atoms with Crippen LogP contribution in [-0.4, -0.2) is 36.1 Å². The summed E-state index contributed by atoms with van der Waals surface area (Å²) in [5.74, 6) is 0. The summed E-state index contributed by atoms with van der Waals surface area (Å²) in [6, 6.07) is 7.90. The zero-order chi connectivity index (χ0) is 16.5. The van der Waals surface area contributed by atoms with Crippen molar-refractivity contribution in [1.29, 1.82) is 0 Å². The molecule has 1 heterocycles. The van der Waals surface area contributed by atoms with Crippen molar-refractivity contribution in [3.63, 3.8) is 0 Å². The normalized spacial score (nSPS) is 12.1. The van der Waals surface area contributed by atoms with Gasteiger partial charge in [0.1, 0.15) is 4.90 Å². The lowest BCUT2D eigenvalue weighted by Crippen LogP contribution is -2.27. The molecule has 0 bridgehead atoms. The van der Waals surface area contributed by atoms with Crippen LogP contribution in [0.3, 0.4) is 0 Å². The molecule has 0 N–H and O–H groups in total. The second-order valence-electron chi connectivity index (χ2n) is 5.21. The van der Waals surface area contributed by atoms with Crippen molar-refractivity contribution in [3.8, 4) is 0 Å². The maximum atomic E-state index is 12.6. The third kappa shape index (κ3) is 3.26. The van der Waals surface area contributed by atoms with E-state index in [2.05, 4.69) is 21.0 Å². The van der Waals surface area contributed by atoms with Gasteiger partial charge in [-0.15, -0.1) is 0 Å². The number of aryl methyl sites for hydroxylation is 1. The van der Waals surface area contributed by atoms with Gasteiger partial charge in [0.05, 0.1) is 17.9 Å². The summed E-state index contributed by atoms with van der Waals surface area (Å²) in [6.07, 6.45) is 0. The highest BCUT2D eigenvalue weighted by Crippen LogP contribution is 2.23. The Hall–Kier alpha value is -1.18. The number of nitrogens with zero attached hydrogens (tertiary/aromatic N) is 3. The molecule has 2 aromatic rings. The average Bonchev–Trinajstić information content (AvgIpc) is 2.72. The number of sulfonamides is 1. The number of hydrogen-bond acceptors (Lipinski definition) is 3. The first-order chi connectivity index (χ1) is 10.3. The van der Waals surface area contributed by atoms with E-state index in [-0.39, 0.29) is 0 Å². The van der Waals surface area contributed by atoms with E-state index >= 15 is 0 Å². The van der Waals surface area contributed by atoms with E-state index in [1.165, 1.54) is 4.31 Å². The van der Waals surface area contributed by atoms with E-state index in [4.69, 9.17) is 0 Å². The molecule has 0 radical (unpaired) electrons. The Balaban J connectivity index is 2.44. The molecule has 0 amide bonds. The summed E-state index contributed by atoms with van der Waals surface area (Å²) in [5, 5.41) is 4.41. The Labute approximate surface area is 140 Å². The summed E-state index contributed by atoms with van der Waals surface area (Å²) in [6.45, 7) is 6.32. The van der Waals surface area contributed by atoms with Crippen LogP contribution < -0.4 is 0 Å². The van der Waals surface area contributed by atoms with E-state index < -0.39 is 10.0 Å². The van der Waals surface area contributed by atoms with Crippen molar-refractivity contribution < 1.29 is 8.42 Å². The topological polar surface area (TPSA) is 55.2 Å². The Bertz CT molecular complexity index is 784. The minimum atomic E-state index is -3.49. The summed E-state index contributed by atoms with van der Waals surface area (Å²) in [7, 11) is -1.91. The molecule has 22 heavy (non-hydrogen) atoms. The molecule has 120 valence electrons. The molecule has 0 aliphatic rings. The predicted molar refractivity (Wildman–Crippen MR) is 90.4 cm³/mol. The van der Waals surface area contributed by atoms with Gasteiger partial charge in [0, 0.05) is 18.1 Å². The maximum Gasteiger partial charge on any atom is 0.246 e. The molecular formula is C15H20BrN3O2S. The standard InChI is InChI=1S/C15H20BrN3O2S/c1-5-18(4)22(20,21)15-11(2)17-19(12(15)3)10-13-7-6-8-14(16)9-13/h6-9H,5,10H2,1-4H3. The van der Waals surface area contributed by atoms with Crippen LogP contribution in [0.2, 0.25) is 0 Å². The molecule has 0 atom stereocenters. The summed E-state index contributed by atoms with van der Waals surface area (Å²) in [5.41, 5.74) is 2.26. The predicted octanol–water partition coefficient (Wildman–Crippen LogP) is 2.95. The highest BCUT2D eigenvalue weighted by molar-refractivity contribution is 9.10. The van der Waals surface area contributed by atoms with Gasteiger partial charge in [-0.2, -0.15) is 5.10 Å². The van der Waals surface area contributed by atoms with Crippen molar-refractivity contribution in [1.82, 2.24) is 14.1 Å². The number of aromatic nitrogens is 2. The number of rotatable bonds is 5. The quantitative estimate of drug-likeness (QED) is 0.794. The van der Waals surface area contributed by atoms with Crippen LogP contribution in [0.4, 0.5) is 0 Å². The molecular weight excluding hydrogens is 366 g/mol. The molecule has 0 aliphatic heterocycles. The second kappa shape index (κ2) is 6.52. The summed E-state index contributed by atoms with van der Waals surface area (Å²) in [4.78, 5) is 0.312. The highest BCUT2D eigenvalue weighted by Gasteiger charge is 2.27. The number of hydrogen-bond donors (Lipinski definition) is 0.